The highest BCUT2D eigenvalue weighted by Crippen LogP contribution is 2.26. The molecule has 1 saturated heterocycles. The summed E-state index contributed by atoms with van der Waals surface area (Å²) in [4.78, 5) is 0. The molecule has 1 aliphatic heterocycles. The second-order valence-corrected chi connectivity index (χ2v) is 7.39. The molecule has 0 aromatic heterocycles. The quantitative estimate of drug-likeness (QED) is 0.800. The van der Waals surface area contributed by atoms with Crippen LogP contribution in [-0.4, -0.2) is 36.9 Å². The lowest BCUT2D eigenvalue weighted by Crippen LogP contribution is -2.47. The Kier molecular flexibility index (Phi) is 4.30. The summed E-state index contributed by atoms with van der Waals surface area (Å²) in [7, 11) is -3.14. The minimum absolute atomic E-state index is 0.0151. The third-order valence-corrected chi connectivity index (χ3v) is 5.07. The number of benzene rings is 1. The highest BCUT2D eigenvalue weighted by Gasteiger charge is 2.32. The highest BCUT2D eigenvalue weighted by atomic mass is 35.5. The third-order valence-electron chi connectivity index (χ3n) is 3.34. The van der Waals surface area contributed by atoms with Gasteiger partial charge in [-0.15, -0.1) is 11.6 Å². The van der Waals surface area contributed by atoms with E-state index in [2.05, 4.69) is 0 Å². The SMILES string of the molecule is CS(=O)(=O)N1CC[C@@H](Cl)C[C@@H]1Cc1ccccc1. The Labute approximate surface area is 114 Å². The van der Waals surface area contributed by atoms with Crippen molar-refractivity contribution in [1.29, 1.82) is 0 Å². The van der Waals surface area contributed by atoms with E-state index in [1.165, 1.54) is 6.26 Å². The second-order valence-electron chi connectivity index (χ2n) is 4.84. The van der Waals surface area contributed by atoms with Gasteiger partial charge in [0.2, 0.25) is 10.0 Å². The maximum atomic E-state index is 11.8. The van der Waals surface area contributed by atoms with Gasteiger partial charge >= 0.3 is 0 Å². The normalized spacial score (nSPS) is 26.1. The number of nitrogens with zero attached hydrogens (tertiary/aromatic N) is 1. The molecule has 1 aromatic rings. The molecule has 0 aliphatic carbocycles. The first-order chi connectivity index (χ1) is 8.47. The maximum absolute atomic E-state index is 11.8. The van der Waals surface area contributed by atoms with Crippen LogP contribution in [0.2, 0.25) is 0 Å². The number of sulfonamides is 1. The van der Waals surface area contributed by atoms with Gasteiger partial charge in [0.1, 0.15) is 0 Å². The van der Waals surface area contributed by atoms with Gasteiger partial charge in [0.05, 0.1) is 6.26 Å². The van der Waals surface area contributed by atoms with Crippen LogP contribution in [0, 0.1) is 0 Å². The molecular formula is C13H18ClNO2S. The summed E-state index contributed by atoms with van der Waals surface area (Å²) < 4.78 is 25.1. The molecule has 0 saturated carbocycles. The van der Waals surface area contributed by atoms with Crippen molar-refractivity contribution in [2.45, 2.75) is 30.7 Å². The van der Waals surface area contributed by atoms with E-state index in [0.717, 1.165) is 24.8 Å². The summed E-state index contributed by atoms with van der Waals surface area (Å²) in [5, 5.41) is 0.0803. The molecule has 0 spiro atoms. The van der Waals surface area contributed by atoms with E-state index >= 15 is 0 Å². The zero-order valence-electron chi connectivity index (χ0n) is 10.4. The van der Waals surface area contributed by atoms with Crippen molar-refractivity contribution in [2.24, 2.45) is 0 Å². The van der Waals surface area contributed by atoms with E-state index in [4.69, 9.17) is 11.6 Å². The van der Waals surface area contributed by atoms with Gasteiger partial charge in [-0.1, -0.05) is 30.3 Å². The molecule has 100 valence electrons. The Morgan fingerprint density at radius 3 is 2.61 bits per heavy atom. The molecule has 3 nitrogen and oxygen atoms in total. The van der Waals surface area contributed by atoms with Crippen LogP contribution in [0.3, 0.4) is 0 Å². The van der Waals surface area contributed by atoms with Crippen LogP contribution in [0.25, 0.3) is 0 Å². The van der Waals surface area contributed by atoms with Crippen LogP contribution >= 0.6 is 11.6 Å². The first kappa shape index (κ1) is 13.8. The van der Waals surface area contributed by atoms with Crippen LogP contribution in [-0.2, 0) is 16.4 Å². The minimum Gasteiger partial charge on any atom is -0.212 e. The third kappa shape index (κ3) is 3.46. The predicted molar refractivity (Wildman–Crippen MR) is 74.4 cm³/mol. The summed E-state index contributed by atoms with van der Waals surface area (Å²) in [6, 6.07) is 9.95. The average Bonchev–Trinajstić information content (AvgIpc) is 2.28. The molecule has 1 fully saturated rings. The summed E-state index contributed by atoms with van der Waals surface area (Å²) >= 11 is 6.17. The second kappa shape index (κ2) is 5.59. The van der Waals surface area contributed by atoms with Gasteiger partial charge in [-0.3, -0.25) is 0 Å². The molecule has 0 bridgehead atoms. The Hall–Kier alpha value is -0.580. The number of rotatable bonds is 3. The summed E-state index contributed by atoms with van der Waals surface area (Å²) in [5.74, 6) is 0. The summed E-state index contributed by atoms with van der Waals surface area (Å²) in [6.45, 7) is 0.532. The van der Waals surface area contributed by atoms with Crippen LogP contribution in [0.15, 0.2) is 30.3 Å². The molecule has 0 N–H and O–H groups in total. The van der Waals surface area contributed by atoms with Gasteiger partial charge in [0.15, 0.2) is 0 Å². The maximum Gasteiger partial charge on any atom is 0.211 e. The first-order valence-electron chi connectivity index (χ1n) is 6.11. The van der Waals surface area contributed by atoms with Crippen molar-refractivity contribution in [3.63, 3.8) is 0 Å². The Bertz CT molecular complexity index is 489. The topological polar surface area (TPSA) is 37.4 Å². The van der Waals surface area contributed by atoms with Crippen LogP contribution in [0.5, 0.6) is 0 Å². The summed E-state index contributed by atoms with van der Waals surface area (Å²) in [5.41, 5.74) is 1.15. The van der Waals surface area contributed by atoms with Crippen LogP contribution < -0.4 is 0 Å². The van der Waals surface area contributed by atoms with E-state index in [1.807, 2.05) is 30.3 Å². The van der Waals surface area contributed by atoms with Gasteiger partial charge < -0.3 is 0 Å². The lowest BCUT2D eigenvalue weighted by atomic mass is 9.97. The zero-order chi connectivity index (χ0) is 13.2. The largest absolute Gasteiger partial charge is 0.212 e. The molecule has 18 heavy (non-hydrogen) atoms. The van der Waals surface area contributed by atoms with E-state index < -0.39 is 10.0 Å². The Balaban J connectivity index is 2.16. The van der Waals surface area contributed by atoms with E-state index in [-0.39, 0.29) is 11.4 Å². The van der Waals surface area contributed by atoms with Crippen molar-refractivity contribution in [3.05, 3.63) is 35.9 Å². The molecular weight excluding hydrogens is 270 g/mol. The standard InChI is InChI=1S/C13H18ClNO2S/c1-18(16,17)15-8-7-12(14)10-13(15)9-11-5-3-2-4-6-11/h2-6,12-13H,7-10H2,1H3/t12-,13+/m1/s1. The molecule has 0 unspecified atom stereocenters. The Morgan fingerprint density at radius 1 is 1.33 bits per heavy atom. The Morgan fingerprint density at radius 2 is 2.00 bits per heavy atom. The lowest BCUT2D eigenvalue weighted by Gasteiger charge is -2.36. The molecule has 1 aromatic carbocycles. The average molecular weight is 288 g/mol. The van der Waals surface area contributed by atoms with Gasteiger partial charge in [0, 0.05) is 18.0 Å². The first-order valence-corrected chi connectivity index (χ1v) is 8.40. The van der Waals surface area contributed by atoms with Crippen molar-refractivity contribution < 1.29 is 8.42 Å². The van der Waals surface area contributed by atoms with Crippen LogP contribution in [0.4, 0.5) is 0 Å². The number of halogens is 1. The van der Waals surface area contributed by atoms with Crippen molar-refractivity contribution in [2.75, 3.05) is 12.8 Å². The number of alkyl halides is 1. The van der Waals surface area contributed by atoms with Gasteiger partial charge in [-0.25, -0.2) is 8.42 Å². The van der Waals surface area contributed by atoms with Crippen molar-refractivity contribution in [1.82, 2.24) is 4.31 Å². The summed E-state index contributed by atoms with van der Waals surface area (Å²) in [6.07, 6.45) is 3.47. The fraction of sp³-hybridized carbons (Fsp3) is 0.538. The molecule has 2 atom stereocenters. The van der Waals surface area contributed by atoms with E-state index in [0.29, 0.717) is 6.54 Å². The zero-order valence-corrected chi connectivity index (χ0v) is 12.0. The molecule has 1 aliphatic rings. The molecule has 5 heteroatoms. The van der Waals surface area contributed by atoms with Crippen molar-refractivity contribution in [3.8, 4) is 0 Å². The lowest BCUT2D eigenvalue weighted by molar-refractivity contribution is 0.255. The number of piperidine rings is 1. The van der Waals surface area contributed by atoms with Gasteiger partial charge in [0.25, 0.3) is 0 Å². The number of hydrogen-bond acceptors (Lipinski definition) is 2. The molecule has 0 amide bonds. The van der Waals surface area contributed by atoms with Gasteiger partial charge in [-0.2, -0.15) is 4.31 Å². The fourth-order valence-corrected chi connectivity index (χ4v) is 3.93. The fourth-order valence-electron chi connectivity index (χ4n) is 2.49. The van der Waals surface area contributed by atoms with Crippen molar-refractivity contribution >= 4 is 21.6 Å². The minimum atomic E-state index is -3.14. The monoisotopic (exact) mass is 287 g/mol. The molecule has 2 rings (SSSR count). The van der Waals surface area contributed by atoms with E-state index in [9.17, 15) is 8.42 Å². The highest BCUT2D eigenvalue weighted by molar-refractivity contribution is 7.88. The molecule has 1 heterocycles. The van der Waals surface area contributed by atoms with Gasteiger partial charge in [-0.05, 0) is 24.8 Å². The number of hydrogen-bond donors (Lipinski definition) is 0. The molecule has 0 radical (unpaired) electrons. The van der Waals surface area contributed by atoms with E-state index in [1.54, 1.807) is 4.31 Å². The predicted octanol–water partition coefficient (Wildman–Crippen LogP) is 2.26. The smallest absolute Gasteiger partial charge is 0.211 e. The van der Waals surface area contributed by atoms with Crippen LogP contribution in [0.1, 0.15) is 18.4 Å².